The predicted octanol–water partition coefficient (Wildman–Crippen LogP) is 2.41. The molecule has 1 aromatic rings. The summed E-state index contributed by atoms with van der Waals surface area (Å²) in [5.41, 5.74) is 6.70. The number of carboxylic acid groups (broad SMARTS) is 1. The summed E-state index contributed by atoms with van der Waals surface area (Å²) in [5, 5.41) is 8.72. The Morgan fingerprint density at radius 3 is 2.50 bits per heavy atom. The molecule has 0 radical (unpaired) electrons. The van der Waals surface area contributed by atoms with Gasteiger partial charge in [0.05, 0.1) is 0 Å². The molecule has 110 valence electrons. The minimum absolute atomic E-state index is 0.0188. The van der Waals surface area contributed by atoms with Gasteiger partial charge in [-0.15, -0.1) is 0 Å². The smallest absolute Gasteiger partial charge is 0.320 e. The van der Waals surface area contributed by atoms with E-state index in [1.54, 1.807) is 0 Å². The zero-order valence-electron chi connectivity index (χ0n) is 11.9. The molecule has 0 amide bonds. The van der Waals surface area contributed by atoms with Gasteiger partial charge < -0.3 is 10.8 Å². The van der Waals surface area contributed by atoms with Crippen molar-refractivity contribution in [3.63, 3.8) is 0 Å². The minimum atomic E-state index is -1.01. The number of rotatable bonds is 9. The summed E-state index contributed by atoms with van der Waals surface area (Å²) >= 11 is 0. The summed E-state index contributed by atoms with van der Waals surface area (Å²) in [5.74, 6) is -0.801. The minimum Gasteiger partial charge on any atom is -0.480 e. The molecule has 0 aliphatic rings. The number of aliphatic carboxylic acids is 1. The van der Waals surface area contributed by atoms with Gasteiger partial charge >= 0.3 is 5.97 Å². The molecule has 20 heavy (non-hydrogen) atoms. The largest absolute Gasteiger partial charge is 0.480 e. The van der Waals surface area contributed by atoms with Crippen LogP contribution in [0.1, 0.15) is 38.2 Å². The lowest BCUT2D eigenvalue weighted by molar-refractivity contribution is -0.139. The first-order valence-corrected chi connectivity index (χ1v) is 7.03. The lowest BCUT2D eigenvalue weighted by Gasteiger charge is -2.13. The van der Waals surface area contributed by atoms with Crippen molar-refractivity contribution in [1.29, 1.82) is 0 Å². The highest BCUT2D eigenvalue weighted by Crippen LogP contribution is 2.13. The van der Waals surface area contributed by atoms with Gasteiger partial charge in [0, 0.05) is 12.8 Å². The van der Waals surface area contributed by atoms with Crippen LogP contribution < -0.4 is 5.73 Å². The van der Waals surface area contributed by atoms with Crippen LogP contribution in [0.4, 0.5) is 0 Å². The molecule has 0 spiro atoms. The monoisotopic (exact) mass is 277 g/mol. The fourth-order valence-electron chi connectivity index (χ4n) is 2.24. The first kappa shape index (κ1) is 16.4. The quantitative estimate of drug-likeness (QED) is 0.726. The molecule has 0 aromatic heterocycles. The van der Waals surface area contributed by atoms with Crippen LogP contribution in [-0.2, 0) is 16.0 Å². The van der Waals surface area contributed by atoms with Crippen molar-refractivity contribution in [2.45, 2.75) is 45.1 Å². The lowest BCUT2D eigenvalue weighted by atomic mass is 9.94. The Morgan fingerprint density at radius 2 is 1.90 bits per heavy atom. The molecule has 0 heterocycles. The molecular formula is C16H23NO3. The number of nitrogens with two attached hydrogens (primary N) is 1. The third-order valence-electron chi connectivity index (χ3n) is 3.31. The Labute approximate surface area is 120 Å². The van der Waals surface area contributed by atoms with Crippen LogP contribution in [0.5, 0.6) is 0 Å². The average Bonchev–Trinajstić information content (AvgIpc) is 2.39. The van der Waals surface area contributed by atoms with Crippen molar-refractivity contribution in [1.82, 2.24) is 0 Å². The number of hydrogen-bond donors (Lipinski definition) is 2. The Kier molecular flexibility index (Phi) is 6.94. The van der Waals surface area contributed by atoms with Crippen LogP contribution in [-0.4, -0.2) is 22.9 Å². The van der Waals surface area contributed by atoms with Gasteiger partial charge in [-0.1, -0.05) is 37.3 Å². The number of ketones is 1. The van der Waals surface area contributed by atoms with Gasteiger partial charge in [0.15, 0.2) is 0 Å². The van der Waals surface area contributed by atoms with E-state index in [4.69, 9.17) is 10.8 Å². The van der Waals surface area contributed by atoms with Gasteiger partial charge in [-0.2, -0.15) is 0 Å². The van der Waals surface area contributed by atoms with E-state index in [1.807, 2.05) is 25.1 Å². The van der Waals surface area contributed by atoms with Gasteiger partial charge in [-0.3, -0.25) is 9.59 Å². The molecule has 1 aromatic carbocycles. The normalized spacial score (nSPS) is 13.7. The summed E-state index contributed by atoms with van der Waals surface area (Å²) in [4.78, 5) is 22.4. The van der Waals surface area contributed by atoms with Crippen LogP contribution in [0.2, 0.25) is 0 Å². The van der Waals surface area contributed by atoms with Crippen molar-refractivity contribution < 1.29 is 14.7 Å². The zero-order chi connectivity index (χ0) is 15.0. The average molecular weight is 277 g/mol. The van der Waals surface area contributed by atoms with Crippen molar-refractivity contribution in [2.24, 2.45) is 11.7 Å². The molecule has 0 aliphatic carbocycles. The van der Waals surface area contributed by atoms with E-state index in [1.165, 1.54) is 5.56 Å². The molecule has 0 fully saturated rings. The Morgan fingerprint density at radius 1 is 1.25 bits per heavy atom. The number of aryl methyl sites for hydroxylation is 1. The van der Waals surface area contributed by atoms with Crippen molar-refractivity contribution in [2.75, 3.05) is 0 Å². The predicted molar refractivity (Wildman–Crippen MR) is 78.4 cm³/mol. The summed E-state index contributed by atoms with van der Waals surface area (Å²) in [7, 11) is 0. The first-order chi connectivity index (χ1) is 9.49. The van der Waals surface area contributed by atoms with Crippen molar-refractivity contribution in [3.8, 4) is 0 Å². The van der Waals surface area contributed by atoms with Gasteiger partial charge in [-0.05, 0) is 30.7 Å². The van der Waals surface area contributed by atoms with Crippen LogP contribution >= 0.6 is 0 Å². The second-order valence-electron chi connectivity index (χ2n) is 5.37. The van der Waals surface area contributed by atoms with E-state index >= 15 is 0 Å². The Balaban J connectivity index is 2.21. The fourth-order valence-corrected chi connectivity index (χ4v) is 2.24. The topological polar surface area (TPSA) is 80.4 Å². The highest BCUT2D eigenvalue weighted by atomic mass is 16.4. The standard InChI is InChI=1S/C16H23NO3/c1-12(11-15(17)16(19)20)10-14(18)9-5-8-13-6-3-2-4-7-13/h2-4,6-7,12,15H,5,8-11,17H2,1H3,(H,19,20)/t12?,15-/m0/s1. The van der Waals surface area contributed by atoms with E-state index < -0.39 is 12.0 Å². The van der Waals surface area contributed by atoms with Crippen LogP contribution in [0.3, 0.4) is 0 Å². The molecule has 0 saturated heterocycles. The van der Waals surface area contributed by atoms with Crippen molar-refractivity contribution >= 4 is 11.8 Å². The molecule has 1 unspecified atom stereocenters. The molecule has 4 heteroatoms. The molecule has 0 bridgehead atoms. The first-order valence-electron chi connectivity index (χ1n) is 7.03. The molecule has 0 aliphatic heterocycles. The maximum atomic E-state index is 11.8. The van der Waals surface area contributed by atoms with Crippen molar-refractivity contribution in [3.05, 3.63) is 35.9 Å². The number of benzene rings is 1. The molecule has 4 nitrogen and oxygen atoms in total. The summed E-state index contributed by atoms with van der Waals surface area (Å²) in [6.45, 7) is 1.87. The third kappa shape index (κ3) is 6.48. The maximum Gasteiger partial charge on any atom is 0.320 e. The molecule has 0 saturated carbocycles. The van der Waals surface area contributed by atoms with Gasteiger partial charge in [-0.25, -0.2) is 0 Å². The highest BCUT2D eigenvalue weighted by molar-refractivity contribution is 5.78. The molecule has 2 atom stereocenters. The molecule has 1 rings (SSSR count). The maximum absolute atomic E-state index is 11.8. The van der Waals surface area contributed by atoms with Gasteiger partial charge in [0.25, 0.3) is 0 Å². The van der Waals surface area contributed by atoms with Gasteiger partial charge in [0.1, 0.15) is 11.8 Å². The summed E-state index contributed by atoms with van der Waals surface area (Å²) in [6.07, 6.45) is 3.03. The van der Waals surface area contributed by atoms with Crippen LogP contribution in [0.15, 0.2) is 30.3 Å². The number of carbonyl (C=O) groups is 2. The summed E-state index contributed by atoms with van der Waals surface area (Å²) < 4.78 is 0. The Hall–Kier alpha value is -1.68. The number of carbonyl (C=O) groups excluding carboxylic acids is 1. The number of hydrogen-bond acceptors (Lipinski definition) is 3. The van der Waals surface area contributed by atoms with Crippen LogP contribution in [0.25, 0.3) is 0 Å². The van der Waals surface area contributed by atoms with Crippen LogP contribution in [0, 0.1) is 5.92 Å². The zero-order valence-corrected chi connectivity index (χ0v) is 11.9. The third-order valence-corrected chi connectivity index (χ3v) is 3.31. The van der Waals surface area contributed by atoms with E-state index in [0.29, 0.717) is 19.3 Å². The number of carboxylic acids is 1. The Bertz CT molecular complexity index is 431. The number of Topliss-reactive ketones (excluding diaryl/α,β-unsaturated/α-hetero) is 1. The summed E-state index contributed by atoms with van der Waals surface area (Å²) in [6, 6.07) is 9.20. The molecular weight excluding hydrogens is 254 g/mol. The lowest BCUT2D eigenvalue weighted by Crippen LogP contribution is -2.32. The second kappa shape index (κ2) is 8.48. The SMILES string of the molecule is CC(CC(=O)CCCc1ccccc1)C[C@H](N)C(=O)O. The van der Waals surface area contributed by atoms with E-state index in [0.717, 1.165) is 12.8 Å². The fraction of sp³-hybridized carbons (Fsp3) is 0.500. The van der Waals surface area contributed by atoms with Gasteiger partial charge in [0.2, 0.25) is 0 Å². The van der Waals surface area contributed by atoms with E-state index in [9.17, 15) is 9.59 Å². The molecule has 3 N–H and O–H groups in total. The highest BCUT2D eigenvalue weighted by Gasteiger charge is 2.17. The van der Waals surface area contributed by atoms with E-state index in [-0.39, 0.29) is 11.7 Å². The second-order valence-corrected chi connectivity index (χ2v) is 5.37. The van der Waals surface area contributed by atoms with E-state index in [2.05, 4.69) is 12.1 Å².